The molecular weight excluding hydrogens is 152 g/mol. The van der Waals surface area contributed by atoms with E-state index in [-0.39, 0.29) is 42.0 Å². The second-order valence-electron chi connectivity index (χ2n) is 1.35. The molecule has 0 spiro atoms. The number of aliphatic carboxylic acids is 1. The molecule has 0 radical (unpaired) electrons. The Morgan fingerprint density at radius 3 is 2.11 bits per heavy atom. The molecule has 0 amide bonds. The van der Waals surface area contributed by atoms with Crippen molar-refractivity contribution in [1.82, 2.24) is 0 Å². The number of halogens is 1. The van der Waals surface area contributed by atoms with Gasteiger partial charge in [-0.05, 0) is 6.42 Å². The number of nitrogens with two attached hydrogens (primary N) is 1. The van der Waals surface area contributed by atoms with Crippen LogP contribution >= 0.6 is 0 Å². The summed E-state index contributed by atoms with van der Waals surface area (Å²) in [6.07, 6.45) is 0.495. The van der Waals surface area contributed by atoms with Gasteiger partial charge in [0.25, 0.3) is 0 Å². The van der Waals surface area contributed by atoms with Gasteiger partial charge < -0.3 is 23.2 Å². The van der Waals surface area contributed by atoms with Crippen LogP contribution in [-0.4, -0.2) is 17.1 Å². The van der Waals surface area contributed by atoms with Crippen molar-refractivity contribution in [3.05, 3.63) is 0 Å². The molecule has 0 aliphatic rings. The molecule has 0 saturated carbocycles. The summed E-state index contributed by atoms with van der Waals surface area (Å²) in [5, 5.41) is 8.06. The first-order valence-electron chi connectivity index (χ1n) is 2.17. The molecule has 0 aliphatic carbocycles. The Morgan fingerprint density at radius 1 is 1.78 bits per heavy atom. The maximum Gasteiger partial charge on any atom is 1.00 e. The zero-order chi connectivity index (χ0) is 5.86. The van der Waals surface area contributed by atoms with E-state index < -0.39 is 12.0 Å². The van der Waals surface area contributed by atoms with Crippen LogP contribution in [0.15, 0.2) is 0 Å². The SMILES string of the molecule is CCC(N)C(=O)O.[Cl-].[Na+]. The van der Waals surface area contributed by atoms with Gasteiger partial charge >= 0.3 is 35.5 Å². The summed E-state index contributed by atoms with van der Waals surface area (Å²) in [6, 6.07) is -0.681. The molecular formula is C4H9ClNNaO2. The molecule has 0 aliphatic heterocycles. The summed E-state index contributed by atoms with van der Waals surface area (Å²) in [5.74, 6) is -0.928. The predicted molar refractivity (Wildman–Crippen MR) is 25.9 cm³/mol. The molecule has 0 bridgehead atoms. The van der Waals surface area contributed by atoms with Gasteiger partial charge in [0.2, 0.25) is 0 Å². The Bertz CT molecular complexity index is 81.0. The van der Waals surface area contributed by atoms with Crippen LogP contribution < -0.4 is 47.7 Å². The van der Waals surface area contributed by atoms with Gasteiger partial charge in [-0.3, -0.25) is 4.79 Å². The van der Waals surface area contributed by atoms with Crippen LogP contribution in [0, 0.1) is 0 Å². The smallest absolute Gasteiger partial charge is 1.00 e. The van der Waals surface area contributed by atoms with E-state index in [2.05, 4.69) is 0 Å². The zero-order valence-corrected chi connectivity index (χ0v) is 8.35. The van der Waals surface area contributed by atoms with Gasteiger partial charge in [0.15, 0.2) is 0 Å². The summed E-state index contributed by atoms with van der Waals surface area (Å²) in [6.45, 7) is 1.73. The Hall–Kier alpha value is 0.720. The third-order valence-electron chi connectivity index (χ3n) is 0.757. The summed E-state index contributed by atoms with van der Waals surface area (Å²) >= 11 is 0. The summed E-state index contributed by atoms with van der Waals surface area (Å²) in [5.41, 5.74) is 5.02. The standard InChI is InChI=1S/C4H9NO2.ClH.Na/c1-2-3(5)4(6)7;;/h3H,2,5H2,1H3,(H,6,7);1H;/q;;+1/p-1. The number of carbonyl (C=O) groups is 1. The minimum Gasteiger partial charge on any atom is -1.00 e. The minimum atomic E-state index is -0.928. The topological polar surface area (TPSA) is 63.3 Å². The normalized spacial score (nSPS) is 10.4. The number of carboxylic acid groups (broad SMARTS) is 1. The molecule has 5 heteroatoms. The molecule has 0 heterocycles. The fraction of sp³-hybridized carbons (Fsp3) is 0.750. The molecule has 0 aromatic rings. The molecule has 0 aromatic carbocycles. The molecule has 0 aromatic heterocycles. The van der Waals surface area contributed by atoms with Gasteiger partial charge in [0.1, 0.15) is 6.04 Å². The zero-order valence-electron chi connectivity index (χ0n) is 5.60. The predicted octanol–water partition coefficient (Wildman–Crippen LogP) is -6.18. The third kappa shape index (κ3) is 8.72. The number of carboxylic acids is 1. The summed E-state index contributed by atoms with van der Waals surface area (Å²) < 4.78 is 0. The van der Waals surface area contributed by atoms with Gasteiger partial charge in [-0.2, -0.15) is 0 Å². The van der Waals surface area contributed by atoms with Gasteiger partial charge in [-0.1, -0.05) is 6.92 Å². The number of rotatable bonds is 2. The second kappa shape index (κ2) is 8.72. The summed E-state index contributed by atoms with van der Waals surface area (Å²) in [4.78, 5) is 9.81. The van der Waals surface area contributed by atoms with Crippen molar-refractivity contribution in [2.24, 2.45) is 5.73 Å². The van der Waals surface area contributed by atoms with E-state index in [0.717, 1.165) is 0 Å². The fourth-order valence-electron chi connectivity index (χ4n) is 0.175. The van der Waals surface area contributed by atoms with E-state index in [1.54, 1.807) is 6.92 Å². The summed E-state index contributed by atoms with van der Waals surface area (Å²) in [7, 11) is 0. The third-order valence-corrected chi connectivity index (χ3v) is 0.757. The molecule has 0 fully saturated rings. The van der Waals surface area contributed by atoms with Gasteiger partial charge in [-0.25, -0.2) is 0 Å². The first-order chi connectivity index (χ1) is 3.18. The van der Waals surface area contributed by atoms with Crippen LogP contribution in [-0.2, 0) is 4.79 Å². The monoisotopic (exact) mass is 161 g/mol. The molecule has 3 nitrogen and oxygen atoms in total. The van der Waals surface area contributed by atoms with Gasteiger partial charge in [0.05, 0.1) is 0 Å². The largest absolute Gasteiger partial charge is 1.00 e. The average molecular weight is 162 g/mol. The van der Waals surface area contributed by atoms with Crippen molar-refractivity contribution in [2.45, 2.75) is 19.4 Å². The molecule has 0 saturated heterocycles. The van der Waals surface area contributed by atoms with E-state index in [9.17, 15) is 4.79 Å². The Morgan fingerprint density at radius 2 is 2.11 bits per heavy atom. The average Bonchev–Trinajstić information content (AvgIpc) is 1.65. The van der Waals surface area contributed by atoms with Crippen molar-refractivity contribution < 1.29 is 51.9 Å². The molecule has 9 heavy (non-hydrogen) atoms. The number of hydrogen-bond acceptors (Lipinski definition) is 2. The molecule has 3 N–H and O–H groups in total. The van der Waals surface area contributed by atoms with Gasteiger partial charge in [0, 0.05) is 0 Å². The van der Waals surface area contributed by atoms with E-state index >= 15 is 0 Å². The molecule has 50 valence electrons. The molecule has 0 rings (SSSR count). The van der Waals surface area contributed by atoms with E-state index in [1.807, 2.05) is 0 Å². The van der Waals surface area contributed by atoms with Crippen molar-refractivity contribution in [1.29, 1.82) is 0 Å². The van der Waals surface area contributed by atoms with E-state index in [4.69, 9.17) is 10.8 Å². The first kappa shape index (κ1) is 16.4. The van der Waals surface area contributed by atoms with Crippen molar-refractivity contribution >= 4 is 5.97 Å². The fourth-order valence-corrected chi connectivity index (χ4v) is 0.175. The Balaban J connectivity index is -0.000000180. The van der Waals surface area contributed by atoms with Crippen LogP contribution in [0.1, 0.15) is 13.3 Å². The van der Waals surface area contributed by atoms with Crippen molar-refractivity contribution in [3.8, 4) is 0 Å². The van der Waals surface area contributed by atoms with Crippen LogP contribution in [0.3, 0.4) is 0 Å². The van der Waals surface area contributed by atoms with Crippen LogP contribution in [0.25, 0.3) is 0 Å². The van der Waals surface area contributed by atoms with Crippen molar-refractivity contribution in [2.75, 3.05) is 0 Å². The van der Waals surface area contributed by atoms with Crippen molar-refractivity contribution in [3.63, 3.8) is 0 Å². The Labute approximate surface area is 82.7 Å². The quantitative estimate of drug-likeness (QED) is 0.396. The van der Waals surface area contributed by atoms with Crippen LogP contribution in [0.2, 0.25) is 0 Å². The molecule has 1 atom stereocenters. The van der Waals surface area contributed by atoms with E-state index in [0.29, 0.717) is 6.42 Å². The second-order valence-corrected chi connectivity index (χ2v) is 1.35. The van der Waals surface area contributed by atoms with Crippen LogP contribution in [0.5, 0.6) is 0 Å². The minimum absolute atomic E-state index is 0. The first-order valence-corrected chi connectivity index (χ1v) is 2.17. The Kier molecular flexibility index (Phi) is 15.9. The van der Waals surface area contributed by atoms with Gasteiger partial charge in [-0.15, -0.1) is 0 Å². The van der Waals surface area contributed by atoms with Crippen LogP contribution in [0.4, 0.5) is 0 Å². The number of hydrogen-bond donors (Lipinski definition) is 2. The maximum atomic E-state index is 9.81. The maximum absolute atomic E-state index is 9.81. The van der Waals surface area contributed by atoms with E-state index in [1.165, 1.54) is 0 Å². The molecule has 1 unspecified atom stereocenters.